The van der Waals surface area contributed by atoms with Crippen LogP contribution >= 0.6 is 0 Å². The van der Waals surface area contributed by atoms with Crippen LogP contribution in [0.15, 0.2) is 54.9 Å². The Morgan fingerprint density at radius 1 is 0.897 bits per heavy atom. The Morgan fingerprint density at radius 3 is 2.62 bits per heavy atom. The number of fused-ring (bicyclic) bond motifs is 4. The minimum Gasteiger partial charge on any atom is -0.256 e. The predicted molar refractivity (Wildman–Crippen MR) is 120 cm³/mol. The SMILES string of the molecule is CC1(C)c2c(ccc3ncccc23)-c2nccc3cc(C4CCCCC4)cc1c23. The first-order valence-corrected chi connectivity index (χ1v) is 11.0. The molecule has 0 saturated heterocycles. The molecule has 0 bridgehead atoms. The van der Waals surface area contributed by atoms with E-state index in [2.05, 4.69) is 61.3 Å². The molecule has 2 heteroatoms. The third kappa shape index (κ3) is 2.41. The van der Waals surface area contributed by atoms with Gasteiger partial charge >= 0.3 is 0 Å². The van der Waals surface area contributed by atoms with Crippen molar-refractivity contribution in [2.45, 2.75) is 57.3 Å². The van der Waals surface area contributed by atoms with Crippen LogP contribution in [0.4, 0.5) is 0 Å². The van der Waals surface area contributed by atoms with Crippen LogP contribution < -0.4 is 0 Å². The predicted octanol–water partition coefficient (Wildman–Crippen LogP) is 7.14. The molecular formula is C27H26N2. The summed E-state index contributed by atoms with van der Waals surface area (Å²) in [4.78, 5) is 9.50. The summed E-state index contributed by atoms with van der Waals surface area (Å²) in [5.41, 5.74) is 7.71. The highest BCUT2D eigenvalue weighted by molar-refractivity contribution is 6.05. The highest BCUT2D eigenvalue weighted by Gasteiger charge is 2.36. The maximum atomic E-state index is 4.87. The molecule has 1 saturated carbocycles. The van der Waals surface area contributed by atoms with E-state index in [1.807, 2.05) is 12.4 Å². The van der Waals surface area contributed by atoms with E-state index in [1.165, 1.54) is 70.5 Å². The highest BCUT2D eigenvalue weighted by Crippen LogP contribution is 2.51. The van der Waals surface area contributed by atoms with Gasteiger partial charge in [0, 0.05) is 34.1 Å². The summed E-state index contributed by atoms with van der Waals surface area (Å²) >= 11 is 0. The summed E-state index contributed by atoms with van der Waals surface area (Å²) in [6.45, 7) is 4.77. The van der Waals surface area contributed by atoms with Crippen molar-refractivity contribution >= 4 is 21.7 Å². The number of benzene rings is 2. The summed E-state index contributed by atoms with van der Waals surface area (Å²) in [7, 11) is 0. The van der Waals surface area contributed by atoms with Gasteiger partial charge in [0.25, 0.3) is 0 Å². The van der Waals surface area contributed by atoms with Crippen molar-refractivity contribution in [1.82, 2.24) is 9.97 Å². The number of aromatic nitrogens is 2. The van der Waals surface area contributed by atoms with Gasteiger partial charge in [-0.3, -0.25) is 9.97 Å². The monoisotopic (exact) mass is 378 g/mol. The summed E-state index contributed by atoms with van der Waals surface area (Å²) in [5.74, 6) is 0.701. The summed E-state index contributed by atoms with van der Waals surface area (Å²) in [6, 6.07) is 15.8. The lowest BCUT2D eigenvalue weighted by atomic mass is 9.67. The van der Waals surface area contributed by atoms with Gasteiger partial charge in [0.1, 0.15) is 0 Å². The van der Waals surface area contributed by atoms with Crippen LogP contribution in [0.25, 0.3) is 32.9 Å². The normalized spacial score (nSPS) is 18.1. The van der Waals surface area contributed by atoms with E-state index >= 15 is 0 Å². The second-order valence-corrected chi connectivity index (χ2v) is 9.34. The summed E-state index contributed by atoms with van der Waals surface area (Å²) < 4.78 is 0. The lowest BCUT2D eigenvalue weighted by Crippen LogP contribution is -2.25. The third-order valence-corrected chi connectivity index (χ3v) is 7.30. The summed E-state index contributed by atoms with van der Waals surface area (Å²) in [6.07, 6.45) is 10.6. The van der Waals surface area contributed by atoms with Crippen LogP contribution in [0.5, 0.6) is 0 Å². The van der Waals surface area contributed by atoms with E-state index in [0.29, 0.717) is 5.92 Å². The van der Waals surface area contributed by atoms with Gasteiger partial charge in [-0.2, -0.15) is 0 Å². The number of rotatable bonds is 1. The Bertz CT molecular complexity index is 1260. The minimum atomic E-state index is -0.0865. The molecule has 0 unspecified atom stereocenters. The van der Waals surface area contributed by atoms with Crippen molar-refractivity contribution < 1.29 is 0 Å². The fourth-order valence-electron chi connectivity index (χ4n) is 5.87. The standard InChI is InChI=1S/C27H26N2/c1-27(2)22-16-19(17-7-4-3-5-8-17)15-18-12-14-29-26(24(18)22)21-10-11-23-20(25(21)27)9-6-13-28-23/h6,9-17H,3-5,7-8H2,1-2H3. The number of nitrogens with zero attached hydrogens (tertiary/aromatic N) is 2. The van der Waals surface area contributed by atoms with Gasteiger partial charge in [-0.25, -0.2) is 0 Å². The molecule has 6 rings (SSSR count). The highest BCUT2D eigenvalue weighted by atomic mass is 14.7. The molecule has 0 atom stereocenters. The Morgan fingerprint density at radius 2 is 1.76 bits per heavy atom. The zero-order chi connectivity index (χ0) is 19.6. The first-order chi connectivity index (χ1) is 14.1. The second kappa shape index (κ2) is 6.13. The number of pyridine rings is 2. The smallest absolute Gasteiger partial charge is 0.0786 e. The lowest BCUT2D eigenvalue weighted by Gasteiger charge is -2.36. The van der Waals surface area contributed by atoms with Crippen molar-refractivity contribution in [3.63, 3.8) is 0 Å². The molecule has 2 nitrogen and oxygen atoms in total. The first-order valence-electron chi connectivity index (χ1n) is 11.0. The van der Waals surface area contributed by atoms with Gasteiger partial charge in [-0.05, 0) is 59.0 Å². The Balaban J connectivity index is 1.70. The number of hydrogen-bond donors (Lipinski definition) is 0. The van der Waals surface area contributed by atoms with E-state index in [0.717, 1.165) is 11.2 Å². The molecule has 0 radical (unpaired) electrons. The van der Waals surface area contributed by atoms with Crippen molar-refractivity contribution in [3.05, 3.63) is 71.5 Å². The van der Waals surface area contributed by atoms with E-state index in [9.17, 15) is 0 Å². The minimum absolute atomic E-state index is 0.0865. The van der Waals surface area contributed by atoms with Crippen LogP contribution in [0, 0.1) is 0 Å². The molecule has 0 spiro atoms. The van der Waals surface area contributed by atoms with Gasteiger partial charge in [0.05, 0.1) is 11.2 Å². The second-order valence-electron chi connectivity index (χ2n) is 9.34. The topological polar surface area (TPSA) is 25.8 Å². The van der Waals surface area contributed by atoms with Crippen molar-refractivity contribution in [2.24, 2.45) is 0 Å². The van der Waals surface area contributed by atoms with Crippen molar-refractivity contribution in [2.75, 3.05) is 0 Å². The third-order valence-electron chi connectivity index (χ3n) is 7.30. The fraction of sp³-hybridized carbons (Fsp3) is 0.333. The van der Waals surface area contributed by atoms with Gasteiger partial charge in [-0.15, -0.1) is 0 Å². The molecule has 1 fully saturated rings. The van der Waals surface area contributed by atoms with Crippen molar-refractivity contribution in [1.29, 1.82) is 0 Å². The van der Waals surface area contributed by atoms with Crippen LogP contribution in [-0.4, -0.2) is 9.97 Å². The molecule has 2 aliphatic carbocycles. The summed E-state index contributed by atoms with van der Waals surface area (Å²) in [5, 5.41) is 3.94. The molecule has 0 amide bonds. The molecule has 0 N–H and O–H groups in total. The average molecular weight is 379 g/mol. The van der Waals surface area contributed by atoms with Crippen LogP contribution in [-0.2, 0) is 5.41 Å². The van der Waals surface area contributed by atoms with Gasteiger partial charge in [0.15, 0.2) is 0 Å². The maximum absolute atomic E-state index is 4.87. The Hall–Kier alpha value is -2.74. The Kier molecular flexibility index (Phi) is 3.62. The van der Waals surface area contributed by atoms with Crippen LogP contribution in [0.3, 0.4) is 0 Å². The van der Waals surface area contributed by atoms with Gasteiger partial charge < -0.3 is 0 Å². The largest absolute Gasteiger partial charge is 0.256 e. The van der Waals surface area contributed by atoms with Gasteiger partial charge in [0.2, 0.25) is 0 Å². The molecule has 29 heavy (non-hydrogen) atoms. The molecular weight excluding hydrogens is 352 g/mol. The zero-order valence-electron chi connectivity index (χ0n) is 17.2. The zero-order valence-corrected chi connectivity index (χ0v) is 17.2. The molecule has 4 aromatic rings. The van der Waals surface area contributed by atoms with Crippen LogP contribution in [0.2, 0.25) is 0 Å². The van der Waals surface area contributed by atoms with E-state index < -0.39 is 0 Å². The molecule has 2 heterocycles. The molecule has 2 aromatic carbocycles. The molecule has 144 valence electrons. The lowest BCUT2D eigenvalue weighted by molar-refractivity contribution is 0.443. The number of hydrogen-bond acceptors (Lipinski definition) is 2. The molecule has 0 aliphatic heterocycles. The van der Waals surface area contributed by atoms with E-state index in [-0.39, 0.29) is 5.41 Å². The van der Waals surface area contributed by atoms with Crippen LogP contribution in [0.1, 0.15) is 68.6 Å². The first kappa shape index (κ1) is 17.1. The van der Waals surface area contributed by atoms with E-state index in [1.54, 1.807) is 0 Å². The quantitative estimate of drug-likeness (QED) is 0.352. The van der Waals surface area contributed by atoms with E-state index in [4.69, 9.17) is 4.98 Å². The average Bonchev–Trinajstić information content (AvgIpc) is 2.77. The fourth-order valence-corrected chi connectivity index (χ4v) is 5.87. The Labute approximate surface area is 172 Å². The van der Waals surface area contributed by atoms with Crippen molar-refractivity contribution in [3.8, 4) is 11.3 Å². The molecule has 2 aromatic heterocycles. The van der Waals surface area contributed by atoms with Gasteiger partial charge in [-0.1, -0.05) is 57.4 Å². The maximum Gasteiger partial charge on any atom is 0.0786 e. The molecule has 2 aliphatic rings.